The molecule has 7 heteroatoms. The molecule has 0 aliphatic heterocycles. The van der Waals surface area contributed by atoms with Crippen LogP contribution in [0.25, 0.3) is 10.2 Å². The summed E-state index contributed by atoms with van der Waals surface area (Å²) in [5, 5.41) is 10.8. The molecule has 0 unspecified atom stereocenters. The number of hydrogen-bond acceptors (Lipinski definition) is 6. The first-order valence-corrected chi connectivity index (χ1v) is 10.4. The van der Waals surface area contributed by atoms with Crippen LogP contribution in [-0.2, 0) is 24.1 Å². The Kier molecular flexibility index (Phi) is 6.80. The molecule has 1 atom stereocenters. The summed E-state index contributed by atoms with van der Waals surface area (Å²) in [6, 6.07) is 0. The zero-order chi connectivity index (χ0) is 18.5. The van der Waals surface area contributed by atoms with E-state index in [1.54, 1.807) is 18.4 Å². The van der Waals surface area contributed by atoms with E-state index in [-0.39, 0.29) is 11.7 Å². The van der Waals surface area contributed by atoms with Crippen molar-refractivity contribution >= 4 is 21.6 Å². The summed E-state index contributed by atoms with van der Waals surface area (Å²) >= 11 is 1.68. The molecule has 0 saturated carbocycles. The van der Waals surface area contributed by atoms with E-state index in [1.165, 1.54) is 16.9 Å². The number of aromatic amines is 1. The Hall–Kier alpha value is -1.28. The lowest BCUT2D eigenvalue weighted by molar-refractivity contribution is 0.0954. The van der Waals surface area contributed by atoms with Gasteiger partial charge >= 0.3 is 0 Å². The minimum Gasteiger partial charge on any atom is -0.392 e. The van der Waals surface area contributed by atoms with Gasteiger partial charge < -0.3 is 14.8 Å². The van der Waals surface area contributed by atoms with Gasteiger partial charge in [-0.3, -0.25) is 9.69 Å². The number of ether oxygens (including phenoxy) is 1. The standard InChI is InChI=1S/C19H29N3O3S/c1-3-13(23)11-22(9-6-10-25-2)12-16-20-18(24)17-14-7-4-5-8-15(14)26-19(17)21-16/h13,23H,3-12H2,1-2H3,(H,20,21,24)/t13-/m1/s1. The first-order chi connectivity index (χ1) is 12.6. The molecule has 6 nitrogen and oxygen atoms in total. The molecule has 26 heavy (non-hydrogen) atoms. The van der Waals surface area contributed by atoms with Gasteiger partial charge in [-0.1, -0.05) is 6.92 Å². The fourth-order valence-corrected chi connectivity index (χ4v) is 4.87. The summed E-state index contributed by atoms with van der Waals surface area (Å²) in [4.78, 5) is 24.8. The lowest BCUT2D eigenvalue weighted by Crippen LogP contribution is -2.34. The number of aryl methyl sites for hydroxylation is 2. The predicted molar refractivity (Wildman–Crippen MR) is 105 cm³/mol. The van der Waals surface area contributed by atoms with Gasteiger partial charge in [-0.05, 0) is 44.1 Å². The minimum atomic E-state index is -0.373. The number of aromatic nitrogens is 2. The number of aliphatic hydroxyl groups is 1. The van der Waals surface area contributed by atoms with Gasteiger partial charge in [0.2, 0.25) is 0 Å². The Bertz CT molecular complexity index is 786. The second kappa shape index (κ2) is 9.08. The number of rotatable bonds is 9. The van der Waals surface area contributed by atoms with Crippen molar-refractivity contribution < 1.29 is 9.84 Å². The molecule has 2 N–H and O–H groups in total. The van der Waals surface area contributed by atoms with Crippen LogP contribution < -0.4 is 5.56 Å². The Morgan fingerprint density at radius 3 is 2.96 bits per heavy atom. The predicted octanol–water partition coefficient (Wildman–Crippen LogP) is 2.47. The van der Waals surface area contributed by atoms with Gasteiger partial charge in [-0.25, -0.2) is 4.98 Å². The lowest BCUT2D eigenvalue weighted by Gasteiger charge is -2.24. The molecule has 2 heterocycles. The van der Waals surface area contributed by atoms with Crippen LogP contribution in [0, 0.1) is 0 Å². The van der Waals surface area contributed by atoms with Crippen molar-refractivity contribution in [2.75, 3.05) is 26.8 Å². The van der Waals surface area contributed by atoms with E-state index in [4.69, 9.17) is 9.72 Å². The smallest absolute Gasteiger partial charge is 0.259 e. The molecular weight excluding hydrogens is 350 g/mol. The molecule has 0 bridgehead atoms. The van der Waals surface area contributed by atoms with Gasteiger partial charge in [0.25, 0.3) is 5.56 Å². The number of thiophene rings is 1. The Morgan fingerprint density at radius 1 is 1.38 bits per heavy atom. The molecule has 2 aromatic heterocycles. The zero-order valence-corrected chi connectivity index (χ0v) is 16.5. The number of methoxy groups -OCH3 is 1. The van der Waals surface area contributed by atoms with Crippen molar-refractivity contribution in [2.45, 2.75) is 58.1 Å². The van der Waals surface area contributed by atoms with Crippen molar-refractivity contribution in [3.8, 4) is 0 Å². The van der Waals surface area contributed by atoms with Crippen LogP contribution in [0.15, 0.2) is 4.79 Å². The molecule has 1 aliphatic carbocycles. The zero-order valence-electron chi connectivity index (χ0n) is 15.7. The summed E-state index contributed by atoms with van der Waals surface area (Å²) in [7, 11) is 1.69. The molecule has 2 aromatic rings. The van der Waals surface area contributed by atoms with Crippen molar-refractivity contribution in [3.63, 3.8) is 0 Å². The van der Waals surface area contributed by atoms with Gasteiger partial charge in [-0.2, -0.15) is 0 Å². The molecule has 0 spiro atoms. The van der Waals surface area contributed by atoms with E-state index in [0.29, 0.717) is 31.9 Å². The van der Waals surface area contributed by atoms with E-state index < -0.39 is 0 Å². The molecule has 0 aromatic carbocycles. The Morgan fingerprint density at radius 2 is 2.19 bits per heavy atom. The van der Waals surface area contributed by atoms with Crippen LogP contribution in [0.3, 0.4) is 0 Å². The molecule has 0 saturated heterocycles. The van der Waals surface area contributed by atoms with Crippen molar-refractivity contribution in [3.05, 3.63) is 26.6 Å². The average molecular weight is 380 g/mol. The second-order valence-corrected chi connectivity index (χ2v) is 8.13. The number of aliphatic hydroxyl groups excluding tert-OH is 1. The Balaban J connectivity index is 1.82. The highest BCUT2D eigenvalue weighted by molar-refractivity contribution is 7.18. The maximum absolute atomic E-state index is 12.7. The summed E-state index contributed by atoms with van der Waals surface area (Å²) in [5.41, 5.74) is 1.20. The highest BCUT2D eigenvalue weighted by Gasteiger charge is 2.20. The van der Waals surface area contributed by atoms with Crippen LogP contribution in [0.5, 0.6) is 0 Å². The third kappa shape index (κ3) is 4.52. The fourth-order valence-electron chi connectivity index (χ4n) is 3.59. The molecule has 144 valence electrons. The molecule has 0 amide bonds. The molecular formula is C19H29N3O3S. The average Bonchev–Trinajstić information content (AvgIpc) is 3.00. The second-order valence-electron chi connectivity index (χ2n) is 7.05. The number of nitrogens with zero attached hydrogens (tertiary/aromatic N) is 2. The summed E-state index contributed by atoms with van der Waals surface area (Å²) in [5.74, 6) is 0.682. The Labute approximate surface area is 158 Å². The quantitative estimate of drug-likeness (QED) is 0.655. The number of H-pyrrole nitrogens is 1. The van der Waals surface area contributed by atoms with Gasteiger partial charge in [0.1, 0.15) is 10.7 Å². The summed E-state index contributed by atoms with van der Waals surface area (Å²) < 4.78 is 5.14. The van der Waals surface area contributed by atoms with E-state index in [1.807, 2.05) is 6.92 Å². The molecule has 0 fully saturated rings. The van der Waals surface area contributed by atoms with E-state index in [9.17, 15) is 9.90 Å². The van der Waals surface area contributed by atoms with Gasteiger partial charge in [-0.15, -0.1) is 11.3 Å². The first kappa shape index (κ1) is 19.5. The van der Waals surface area contributed by atoms with Crippen molar-refractivity contribution in [1.82, 2.24) is 14.9 Å². The minimum absolute atomic E-state index is 0.0164. The maximum Gasteiger partial charge on any atom is 0.259 e. The maximum atomic E-state index is 12.7. The highest BCUT2D eigenvalue weighted by Crippen LogP contribution is 2.33. The third-order valence-corrected chi connectivity index (χ3v) is 6.20. The van der Waals surface area contributed by atoms with Gasteiger partial charge in [0, 0.05) is 31.7 Å². The summed E-state index contributed by atoms with van der Waals surface area (Å²) in [6.07, 6.45) is 5.63. The fraction of sp³-hybridized carbons (Fsp3) is 0.684. The molecule has 1 aliphatic rings. The van der Waals surface area contributed by atoms with Crippen LogP contribution >= 0.6 is 11.3 Å². The van der Waals surface area contributed by atoms with Crippen molar-refractivity contribution in [2.24, 2.45) is 0 Å². The van der Waals surface area contributed by atoms with Gasteiger partial charge in [0.15, 0.2) is 0 Å². The first-order valence-electron chi connectivity index (χ1n) is 9.55. The van der Waals surface area contributed by atoms with E-state index >= 15 is 0 Å². The van der Waals surface area contributed by atoms with E-state index in [0.717, 1.165) is 42.4 Å². The van der Waals surface area contributed by atoms with Gasteiger partial charge in [0.05, 0.1) is 18.0 Å². The largest absolute Gasteiger partial charge is 0.392 e. The normalized spacial score (nSPS) is 15.5. The van der Waals surface area contributed by atoms with Crippen LogP contribution in [-0.4, -0.2) is 52.9 Å². The van der Waals surface area contributed by atoms with Crippen molar-refractivity contribution in [1.29, 1.82) is 0 Å². The third-order valence-electron chi connectivity index (χ3n) is 5.01. The number of hydrogen-bond donors (Lipinski definition) is 2. The highest BCUT2D eigenvalue weighted by atomic mass is 32.1. The number of fused-ring (bicyclic) bond motifs is 3. The molecule has 3 rings (SSSR count). The van der Waals surface area contributed by atoms with E-state index in [2.05, 4.69) is 9.88 Å². The molecule has 0 radical (unpaired) electrons. The van der Waals surface area contributed by atoms with Crippen LogP contribution in [0.2, 0.25) is 0 Å². The summed E-state index contributed by atoms with van der Waals surface area (Å²) in [6.45, 7) is 4.56. The van der Waals surface area contributed by atoms with Crippen LogP contribution in [0.4, 0.5) is 0 Å². The monoisotopic (exact) mass is 379 g/mol. The number of nitrogens with one attached hydrogen (secondary N) is 1. The van der Waals surface area contributed by atoms with Crippen LogP contribution in [0.1, 0.15) is 48.9 Å². The lowest BCUT2D eigenvalue weighted by atomic mass is 9.97. The topological polar surface area (TPSA) is 78.5 Å². The SMILES string of the molecule is CC[C@@H](O)CN(CCCOC)Cc1nc2sc3c(c2c(=O)[nH]1)CCCC3.